The van der Waals surface area contributed by atoms with Gasteiger partial charge < -0.3 is 16.0 Å². The number of primary amides is 1. The molecular weight excluding hydrogens is 294 g/mol. The number of hydrogen-bond acceptors (Lipinski definition) is 2. The minimum absolute atomic E-state index is 0.305. The number of urea groups is 1. The summed E-state index contributed by atoms with van der Waals surface area (Å²) in [6.07, 6.45) is 1.94. The number of piperidine rings is 1. The molecule has 1 aliphatic rings. The van der Waals surface area contributed by atoms with Crippen molar-refractivity contribution >= 4 is 22.0 Å². The van der Waals surface area contributed by atoms with Crippen molar-refractivity contribution in [3.63, 3.8) is 0 Å². The fourth-order valence-electron chi connectivity index (χ4n) is 2.21. The van der Waals surface area contributed by atoms with Gasteiger partial charge in [0, 0.05) is 30.1 Å². The lowest BCUT2D eigenvalue weighted by Gasteiger charge is -2.31. The number of nitrogens with two attached hydrogens (primary N) is 1. The monoisotopic (exact) mass is 311 g/mol. The maximum Gasteiger partial charge on any atom is 0.314 e. The highest BCUT2D eigenvalue weighted by Gasteiger charge is 2.20. The lowest BCUT2D eigenvalue weighted by Crippen LogP contribution is -2.46. The van der Waals surface area contributed by atoms with Gasteiger partial charge in [-0.05, 0) is 30.5 Å². The van der Waals surface area contributed by atoms with Gasteiger partial charge in [-0.1, -0.05) is 28.1 Å². The largest absolute Gasteiger partial charge is 0.351 e. The van der Waals surface area contributed by atoms with Crippen LogP contribution in [0, 0.1) is 0 Å². The molecule has 0 aromatic heterocycles. The minimum atomic E-state index is -0.305. The molecule has 0 radical (unpaired) electrons. The molecule has 0 atom stereocenters. The predicted octanol–water partition coefficient (Wildman–Crippen LogP) is 2.08. The first-order valence-corrected chi connectivity index (χ1v) is 6.96. The van der Waals surface area contributed by atoms with Gasteiger partial charge in [0.1, 0.15) is 0 Å². The Morgan fingerprint density at radius 1 is 1.44 bits per heavy atom. The number of nitrogens with zero attached hydrogens (tertiary/aromatic N) is 1. The van der Waals surface area contributed by atoms with Gasteiger partial charge in [0.05, 0.1) is 0 Å². The summed E-state index contributed by atoms with van der Waals surface area (Å²) >= 11 is 3.47. The van der Waals surface area contributed by atoms with E-state index in [-0.39, 0.29) is 6.03 Å². The van der Waals surface area contributed by atoms with Crippen molar-refractivity contribution in [3.05, 3.63) is 34.3 Å². The number of benzene rings is 1. The normalized spacial score (nSPS) is 16.8. The molecule has 0 bridgehead atoms. The topological polar surface area (TPSA) is 58.4 Å². The zero-order valence-corrected chi connectivity index (χ0v) is 11.8. The average Bonchev–Trinajstić information content (AvgIpc) is 2.37. The molecule has 0 spiro atoms. The molecule has 1 aromatic rings. The molecule has 1 fully saturated rings. The smallest absolute Gasteiger partial charge is 0.314 e. The van der Waals surface area contributed by atoms with Crippen molar-refractivity contribution in [2.75, 3.05) is 13.1 Å². The van der Waals surface area contributed by atoms with Crippen molar-refractivity contribution in [2.45, 2.75) is 25.4 Å². The lowest BCUT2D eigenvalue weighted by molar-refractivity contribution is 0.185. The van der Waals surface area contributed by atoms with E-state index in [9.17, 15) is 4.79 Å². The molecule has 2 rings (SSSR count). The molecule has 1 heterocycles. The molecule has 1 saturated heterocycles. The quantitative estimate of drug-likeness (QED) is 0.898. The first kappa shape index (κ1) is 13.4. The van der Waals surface area contributed by atoms with Crippen LogP contribution in [0.3, 0.4) is 0 Å². The second-order valence-corrected chi connectivity index (χ2v) is 5.53. The van der Waals surface area contributed by atoms with Gasteiger partial charge >= 0.3 is 6.03 Å². The molecule has 2 amide bonds. The van der Waals surface area contributed by atoms with Gasteiger partial charge in [0.25, 0.3) is 0 Å². The number of amides is 2. The van der Waals surface area contributed by atoms with E-state index in [2.05, 4.69) is 33.4 Å². The molecule has 98 valence electrons. The zero-order valence-electron chi connectivity index (χ0n) is 10.2. The number of carbonyl (C=O) groups excluding carboxylic acids is 1. The summed E-state index contributed by atoms with van der Waals surface area (Å²) in [6, 6.07) is 8.45. The maximum absolute atomic E-state index is 11.0. The molecule has 1 aliphatic heterocycles. The Bertz CT molecular complexity index is 416. The second kappa shape index (κ2) is 6.20. The average molecular weight is 312 g/mol. The summed E-state index contributed by atoms with van der Waals surface area (Å²) in [7, 11) is 0. The van der Waals surface area contributed by atoms with E-state index >= 15 is 0 Å². The fraction of sp³-hybridized carbons (Fsp3) is 0.462. The van der Waals surface area contributed by atoms with Crippen molar-refractivity contribution in [2.24, 2.45) is 5.73 Å². The van der Waals surface area contributed by atoms with Gasteiger partial charge in [-0.15, -0.1) is 0 Å². The molecule has 3 N–H and O–H groups in total. The maximum atomic E-state index is 11.0. The van der Waals surface area contributed by atoms with E-state index < -0.39 is 0 Å². The Kier molecular flexibility index (Phi) is 4.60. The van der Waals surface area contributed by atoms with E-state index in [0.29, 0.717) is 6.04 Å². The molecule has 0 unspecified atom stereocenters. The minimum Gasteiger partial charge on any atom is -0.351 e. The number of carbonyl (C=O) groups is 1. The summed E-state index contributed by atoms with van der Waals surface area (Å²) in [5.41, 5.74) is 6.52. The van der Waals surface area contributed by atoms with Crippen molar-refractivity contribution in [1.82, 2.24) is 10.2 Å². The van der Waals surface area contributed by atoms with Gasteiger partial charge in [-0.2, -0.15) is 0 Å². The Morgan fingerprint density at radius 3 is 2.78 bits per heavy atom. The highest BCUT2D eigenvalue weighted by Crippen LogP contribution is 2.13. The van der Waals surface area contributed by atoms with Crippen LogP contribution < -0.4 is 11.1 Å². The van der Waals surface area contributed by atoms with Gasteiger partial charge in [0.2, 0.25) is 0 Å². The Hall–Kier alpha value is -1.07. The number of likely N-dealkylation sites (tertiary alicyclic amines) is 1. The number of hydrogen-bond donors (Lipinski definition) is 2. The van der Waals surface area contributed by atoms with Crippen molar-refractivity contribution in [1.29, 1.82) is 0 Å². The van der Waals surface area contributed by atoms with E-state index in [4.69, 9.17) is 5.73 Å². The van der Waals surface area contributed by atoms with E-state index in [0.717, 1.165) is 36.9 Å². The summed E-state index contributed by atoms with van der Waals surface area (Å²) in [6.45, 7) is 2.37. The first-order valence-electron chi connectivity index (χ1n) is 6.17. The van der Waals surface area contributed by atoms with Crippen LogP contribution in [0.25, 0.3) is 0 Å². The van der Waals surface area contributed by atoms with Gasteiger partial charge in [-0.3, -0.25) is 0 Å². The Labute approximate surface area is 116 Å². The highest BCUT2D eigenvalue weighted by molar-refractivity contribution is 9.10. The third kappa shape index (κ3) is 3.71. The molecule has 4 nitrogen and oxygen atoms in total. The van der Waals surface area contributed by atoms with E-state index in [1.165, 1.54) is 5.56 Å². The standard InChI is InChI=1S/C13H18BrN3O/c14-11-3-1-2-10(8-11)9-16-12-4-6-17(7-5-12)13(15)18/h1-3,8,12,16H,4-7,9H2,(H2,15,18). The molecule has 18 heavy (non-hydrogen) atoms. The SMILES string of the molecule is NC(=O)N1CCC(NCc2cccc(Br)c2)CC1. The van der Waals surface area contributed by atoms with Crippen LogP contribution in [0.2, 0.25) is 0 Å². The van der Waals surface area contributed by atoms with Crippen LogP contribution in [0.5, 0.6) is 0 Å². The van der Waals surface area contributed by atoms with Gasteiger partial charge in [-0.25, -0.2) is 4.79 Å². The third-order valence-corrected chi connectivity index (χ3v) is 3.78. The molecule has 0 saturated carbocycles. The Morgan fingerprint density at radius 2 is 2.17 bits per heavy atom. The fourth-order valence-corrected chi connectivity index (χ4v) is 2.66. The first-order chi connectivity index (χ1) is 8.65. The summed E-state index contributed by atoms with van der Waals surface area (Å²) in [5.74, 6) is 0. The highest BCUT2D eigenvalue weighted by atomic mass is 79.9. The summed E-state index contributed by atoms with van der Waals surface area (Å²) in [4.78, 5) is 12.7. The van der Waals surface area contributed by atoms with Crippen LogP contribution in [0.1, 0.15) is 18.4 Å². The van der Waals surface area contributed by atoms with Crippen molar-refractivity contribution < 1.29 is 4.79 Å². The Balaban J connectivity index is 1.77. The lowest BCUT2D eigenvalue weighted by atomic mass is 10.0. The molecule has 1 aromatic carbocycles. The van der Waals surface area contributed by atoms with Crippen LogP contribution in [0.15, 0.2) is 28.7 Å². The van der Waals surface area contributed by atoms with Crippen LogP contribution in [0.4, 0.5) is 4.79 Å². The van der Waals surface area contributed by atoms with Crippen molar-refractivity contribution in [3.8, 4) is 0 Å². The number of rotatable bonds is 3. The number of halogens is 1. The zero-order chi connectivity index (χ0) is 13.0. The molecular formula is C13H18BrN3O. The number of nitrogens with one attached hydrogen (secondary N) is 1. The van der Waals surface area contributed by atoms with E-state index in [1.54, 1.807) is 4.90 Å². The van der Waals surface area contributed by atoms with E-state index in [1.807, 2.05) is 12.1 Å². The molecule has 0 aliphatic carbocycles. The summed E-state index contributed by atoms with van der Waals surface area (Å²) in [5, 5.41) is 3.52. The van der Waals surface area contributed by atoms with Crippen LogP contribution in [-0.2, 0) is 6.54 Å². The predicted molar refractivity (Wildman–Crippen MR) is 75.2 cm³/mol. The third-order valence-electron chi connectivity index (χ3n) is 3.29. The van der Waals surface area contributed by atoms with Crippen LogP contribution in [-0.4, -0.2) is 30.1 Å². The summed E-state index contributed by atoms with van der Waals surface area (Å²) < 4.78 is 1.10. The molecule has 5 heteroatoms. The second-order valence-electron chi connectivity index (χ2n) is 4.61. The van der Waals surface area contributed by atoms with Gasteiger partial charge in [0.15, 0.2) is 0 Å². The van der Waals surface area contributed by atoms with Crippen LogP contribution >= 0.6 is 15.9 Å².